The Bertz CT molecular complexity index is 1140. The number of aryl methyl sites for hydroxylation is 2. The van der Waals surface area contributed by atoms with Gasteiger partial charge in [-0.2, -0.15) is 5.10 Å². The number of anilines is 1. The Balaban J connectivity index is 1.25. The highest BCUT2D eigenvalue weighted by Crippen LogP contribution is 2.45. The first-order valence-corrected chi connectivity index (χ1v) is 11.4. The third-order valence-electron chi connectivity index (χ3n) is 7.49. The number of ether oxygens (including phenoxy) is 1. The number of nitrogens with one attached hydrogen (secondary N) is 1. The number of nitrogens with zero attached hydrogens (tertiary/aromatic N) is 6. The van der Waals surface area contributed by atoms with Crippen LogP contribution in [0.2, 0.25) is 0 Å². The molecule has 7 atom stereocenters. The van der Waals surface area contributed by atoms with Crippen LogP contribution in [0.4, 0.5) is 5.82 Å². The Morgan fingerprint density at radius 1 is 1.12 bits per heavy atom. The normalized spacial score (nSPS) is 34.1. The lowest BCUT2D eigenvalue weighted by molar-refractivity contribution is -0.0404. The first kappa shape index (κ1) is 20.1. The number of hydrogen-bond donors (Lipinski definition) is 3. The zero-order chi connectivity index (χ0) is 22.0. The average molecular weight is 440 g/mol. The predicted molar refractivity (Wildman–Crippen MR) is 116 cm³/mol. The highest BCUT2D eigenvalue weighted by molar-refractivity contribution is 5.82. The molecule has 10 heteroatoms. The number of aromatic nitrogens is 6. The summed E-state index contributed by atoms with van der Waals surface area (Å²) in [5.41, 5.74) is 3.12. The van der Waals surface area contributed by atoms with Gasteiger partial charge in [0.2, 0.25) is 0 Å². The molecule has 170 valence electrons. The van der Waals surface area contributed by atoms with E-state index in [1.165, 1.54) is 32.0 Å². The fourth-order valence-corrected chi connectivity index (χ4v) is 5.88. The van der Waals surface area contributed by atoms with Gasteiger partial charge in [0.25, 0.3) is 0 Å². The third-order valence-corrected chi connectivity index (χ3v) is 7.49. The lowest BCUT2D eigenvalue weighted by Gasteiger charge is -2.23. The Hall–Kier alpha value is -2.56. The minimum absolute atomic E-state index is 0.354. The quantitative estimate of drug-likeness (QED) is 0.547. The van der Waals surface area contributed by atoms with Gasteiger partial charge < -0.3 is 20.3 Å². The van der Waals surface area contributed by atoms with E-state index in [1.54, 1.807) is 15.6 Å². The number of fused-ring (bicyclic) bond motifs is 3. The maximum Gasteiger partial charge on any atom is 0.167 e. The van der Waals surface area contributed by atoms with Gasteiger partial charge in [0.15, 0.2) is 23.2 Å². The van der Waals surface area contributed by atoms with E-state index in [1.807, 2.05) is 19.9 Å². The standard InChI is InChI=1S/C22H29N7O3/c1-11-5-12(2)29(27-11)8-16-18(30)19(31)22(32-16)28-10-25-17-20(23-9-24-21(17)28)26-15-7-13-3-4-14(15)6-13/h5,9-10,13-16,18-19,22,30-31H,3-4,6-8H2,1-2H3,(H,23,24,26)/t13?,14?,15?,16-,18-,19-,22-/m1/s1. The minimum Gasteiger partial charge on any atom is -0.387 e. The third kappa shape index (κ3) is 3.20. The van der Waals surface area contributed by atoms with Gasteiger partial charge in [0.1, 0.15) is 24.6 Å². The lowest BCUT2D eigenvalue weighted by atomic mass is 9.95. The smallest absolute Gasteiger partial charge is 0.167 e. The molecule has 10 nitrogen and oxygen atoms in total. The molecule has 2 saturated carbocycles. The second-order valence-corrected chi connectivity index (χ2v) is 9.63. The lowest BCUT2D eigenvalue weighted by Crippen LogP contribution is -2.34. The molecule has 3 aliphatic rings. The molecule has 3 fully saturated rings. The molecule has 32 heavy (non-hydrogen) atoms. The Morgan fingerprint density at radius 3 is 2.72 bits per heavy atom. The SMILES string of the molecule is Cc1cc(C)n(C[C@H]2O[C@@H](n3cnc4c(NC5CC6CCC5C6)ncnc43)[C@H](O)[C@@H]2O)n1. The molecule has 0 radical (unpaired) electrons. The summed E-state index contributed by atoms with van der Waals surface area (Å²) >= 11 is 0. The summed E-state index contributed by atoms with van der Waals surface area (Å²) in [4.78, 5) is 13.4. The maximum absolute atomic E-state index is 10.8. The first-order valence-electron chi connectivity index (χ1n) is 11.4. The van der Waals surface area contributed by atoms with E-state index >= 15 is 0 Å². The van der Waals surface area contributed by atoms with Crippen molar-refractivity contribution in [3.63, 3.8) is 0 Å². The molecular weight excluding hydrogens is 410 g/mol. The van der Waals surface area contributed by atoms with Crippen LogP contribution in [-0.4, -0.2) is 63.9 Å². The highest BCUT2D eigenvalue weighted by Gasteiger charge is 2.45. The van der Waals surface area contributed by atoms with E-state index in [-0.39, 0.29) is 0 Å². The van der Waals surface area contributed by atoms with Crippen molar-refractivity contribution in [2.75, 3.05) is 5.32 Å². The molecule has 0 spiro atoms. The van der Waals surface area contributed by atoms with Crippen LogP contribution >= 0.6 is 0 Å². The van der Waals surface area contributed by atoms with Crippen molar-refractivity contribution in [3.05, 3.63) is 30.1 Å². The largest absolute Gasteiger partial charge is 0.387 e. The zero-order valence-electron chi connectivity index (χ0n) is 18.3. The minimum atomic E-state index is -1.11. The van der Waals surface area contributed by atoms with Crippen LogP contribution in [0.3, 0.4) is 0 Å². The first-order chi connectivity index (χ1) is 15.5. The number of aliphatic hydroxyl groups excluding tert-OH is 2. The molecule has 0 amide bonds. The van der Waals surface area contributed by atoms with E-state index in [2.05, 4.69) is 25.4 Å². The van der Waals surface area contributed by atoms with Gasteiger partial charge in [-0.05, 0) is 51.0 Å². The molecule has 3 N–H and O–H groups in total. The predicted octanol–water partition coefficient (Wildman–Crippen LogP) is 1.56. The van der Waals surface area contributed by atoms with Crippen molar-refractivity contribution in [1.29, 1.82) is 0 Å². The van der Waals surface area contributed by atoms with Gasteiger partial charge in [0.05, 0.1) is 18.6 Å². The van der Waals surface area contributed by atoms with E-state index < -0.39 is 24.5 Å². The molecule has 2 bridgehead atoms. The van der Waals surface area contributed by atoms with Gasteiger partial charge in [-0.25, -0.2) is 15.0 Å². The van der Waals surface area contributed by atoms with Crippen LogP contribution < -0.4 is 5.32 Å². The van der Waals surface area contributed by atoms with Gasteiger partial charge in [-0.3, -0.25) is 9.25 Å². The Labute approximate surface area is 185 Å². The second-order valence-electron chi connectivity index (χ2n) is 9.63. The van der Waals surface area contributed by atoms with E-state index in [0.29, 0.717) is 29.7 Å². The molecule has 3 aromatic heterocycles. The molecule has 3 unspecified atom stereocenters. The summed E-state index contributed by atoms with van der Waals surface area (Å²) in [7, 11) is 0. The average Bonchev–Trinajstić information content (AvgIpc) is 3.57. The number of aliphatic hydroxyl groups is 2. The molecule has 1 saturated heterocycles. The van der Waals surface area contributed by atoms with Crippen molar-refractivity contribution in [2.24, 2.45) is 11.8 Å². The van der Waals surface area contributed by atoms with Crippen molar-refractivity contribution in [2.45, 2.75) is 76.7 Å². The summed E-state index contributed by atoms with van der Waals surface area (Å²) < 4.78 is 9.59. The van der Waals surface area contributed by atoms with E-state index in [0.717, 1.165) is 23.1 Å². The number of imidazole rings is 1. The van der Waals surface area contributed by atoms with Crippen LogP contribution in [0.15, 0.2) is 18.7 Å². The molecule has 4 heterocycles. The van der Waals surface area contributed by atoms with Crippen LogP contribution in [-0.2, 0) is 11.3 Å². The van der Waals surface area contributed by atoms with Crippen LogP contribution in [0.1, 0.15) is 43.3 Å². The van der Waals surface area contributed by atoms with Gasteiger partial charge >= 0.3 is 0 Å². The van der Waals surface area contributed by atoms with Crippen molar-refractivity contribution in [3.8, 4) is 0 Å². The van der Waals surface area contributed by atoms with Crippen LogP contribution in [0, 0.1) is 25.7 Å². The number of rotatable bonds is 5. The molecule has 2 aliphatic carbocycles. The van der Waals surface area contributed by atoms with Crippen molar-refractivity contribution >= 4 is 17.0 Å². The number of hydrogen-bond acceptors (Lipinski definition) is 8. The van der Waals surface area contributed by atoms with E-state index in [4.69, 9.17) is 4.74 Å². The molecule has 1 aliphatic heterocycles. The van der Waals surface area contributed by atoms with Crippen LogP contribution in [0.25, 0.3) is 11.2 Å². The van der Waals surface area contributed by atoms with Crippen molar-refractivity contribution in [1.82, 2.24) is 29.3 Å². The topological polar surface area (TPSA) is 123 Å². The van der Waals surface area contributed by atoms with E-state index in [9.17, 15) is 10.2 Å². The highest BCUT2D eigenvalue weighted by atomic mass is 16.6. The molecular formula is C22H29N7O3. The maximum atomic E-state index is 10.8. The molecule has 0 aromatic carbocycles. The van der Waals surface area contributed by atoms with Gasteiger partial charge in [-0.15, -0.1) is 0 Å². The Morgan fingerprint density at radius 2 is 2.00 bits per heavy atom. The second kappa shape index (κ2) is 7.50. The zero-order valence-corrected chi connectivity index (χ0v) is 18.3. The van der Waals surface area contributed by atoms with Gasteiger partial charge in [-0.1, -0.05) is 6.42 Å². The summed E-state index contributed by atoms with van der Waals surface area (Å²) in [6.45, 7) is 4.24. The summed E-state index contributed by atoms with van der Waals surface area (Å²) in [6.07, 6.45) is 4.69. The summed E-state index contributed by atoms with van der Waals surface area (Å²) in [6, 6.07) is 2.40. The summed E-state index contributed by atoms with van der Waals surface area (Å²) in [5.74, 6) is 2.26. The monoisotopic (exact) mass is 439 g/mol. The summed E-state index contributed by atoms with van der Waals surface area (Å²) in [5, 5.41) is 29.5. The fraction of sp³-hybridized carbons (Fsp3) is 0.636. The molecule has 3 aromatic rings. The van der Waals surface area contributed by atoms with Gasteiger partial charge in [0, 0.05) is 11.7 Å². The van der Waals surface area contributed by atoms with Crippen LogP contribution in [0.5, 0.6) is 0 Å². The van der Waals surface area contributed by atoms with Crippen molar-refractivity contribution < 1.29 is 14.9 Å². The molecule has 6 rings (SSSR count). The Kier molecular flexibility index (Phi) is 4.70. The fourth-order valence-electron chi connectivity index (χ4n) is 5.88.